The molecule has 0 saturated carbocycles. The van der Waals surface area contributed by atoms with Gasteiger partial charge in [-0.05, 0) is 65.1 Å². The van der Waals surface area contributed by atoms with Crippen LogP contribution in [-0.4, -0.2) is 29.3 Å². The summed E-state index contributed by atoms with van der Waals surface area (Å²) >= 11 is 5.96. The lowest BCUT2D eigenvalue weighted by Crippen LogP contribution is -2.49. The van der Waals surface area contributed by atoms with Gasteiger partial charge in [0, 0.05) is 10.6 Å². The predicted molar refractivity (Wildman–Crippen MR) is 144 cm³/mol. The number of halogens is 1. The summed E-state index contributed by atoms with van der Waals surface area (Å²) in [5.74, 6) is -0.226. The summed E-state index contributed by atoms with van der Waals surface area (Å²) in [6.07, 6.45) is 1.63. The first-order chi connectivity index (χ1) is 17.8. The van der Waals surface area contributed by atoms with Crippen molar-refractivity contribution in [2.24, 2.45) is 10.2 Å². The van der Waals surface area contributed by atoms with Crippen LogP contribution in [0.25, 0.3) is 6.08 Å². The molecule has 0 aliphatic carbocycles. The largest absolute Gasteiger partial charge is 0.483 e. The molecule has 0 radical (unpaired) electrons. The van der Waals surface area contributed by atoms with E-state index >= 15 is 0 Å². The number of nitrogens with one attached hydrogen (secondary N) is 1. The van der Waals surface area contributed by atoms with Gasteiger partial charge >= 0.3 is 0 Å². The van der Waals surface area contributed by atoms with E-state index in [1.807, 2.05) is 32.0 Å². The van der Waals surface area contributed by atoms with E-state index in [0.717, 1.165) is 16.1 Å². The van der Waals surface area contributed by atoms with Gasteiger partial charge in [0.05, 0.1) is 0 Å². The van der Waals surface area contributed by atoms with Gasteiger partial charge in [0.15, 0.2) is 12.4 Å². The molecule has 0 unspecified atom stereocenters. The number of ether oxygens (including phenoxy) is 1. The SMILES string of the molecule is Cc1cc(OCC(=O)NN2C(=O)/C(=C/c3ccc(Cl)cc3)N=C2c2ccccc2)c(C(C)C)cc1N=O. The van der Waals surface area contributed by atoms with Crippen LogP contribution in [0.1, 0.15) is 42.0 Å². The third-order valence-electron chi connectivity index (χ3n) is 5.71. The van der Waals surface area contributed by atoms with Crippen LogP contribution in [0, 0.1) is 11.8 Å². The maximum absolute atomic E-state index is 13.3. The Bertz CT molecular complexity index is 1400. The van der Waals surface area contributed by atoms with E-state index < -0.39 is 11.8 Å². The van der Waals surface area contributed by atoms with Gasteiger partial charge < -0.3 is 4.74 Å². The lowest BCUT2D eigenvalue weighted by molar-refractivity contribution is -0.134. The summed E-state index contributed by atoms with van der Waals surface area (Å²) in [4.78, 5) is 41.7. The summed E-state index contributed by atoms with van der Waals surface area (Å²) < 4.78 is 5.80. The van der Waals surface area contributed by atoms with Gasteiger partial charge in [-0.15, -0.1) is 4.91 Å². The van der Waals surface area contributed by atoms with Crippen LogP contribution in [0.4, 0.5) is 5.69 Å². The van der Waals surface area contributed by atoms with Crippen molar-refractivity contribution in [1.82, 2.24) is 10.4 Å². The fourth-order valence-corrected chi connectivity index (χ4v) is 3.91. The van der Waals surface area contributed by atoms with Crippen molar-refractivity contribution in [3.05, 3.63) is 105 Å². The number of aliphatic imine (C=N–C) groups is 1. The monoisotopic (exact) mass is 516 g/mol. The summed E-state index contributed by atoms with van der Waals surface area (Å²) in [6, 6.07) is 19.4. The molecule has 8 nitrogen and oxygen atoms in total. The van der Waals surface area contributed by atoms with Crippen molar-refractivity contribution in [2.75, 3.05) is 6.61 Å². The number of aryl methyl sites for hydroxylation is 1. The molecular weight excluding hydrogens is 492 g/mol. The number of nitrogens with zero attached hydrogens (tertiary/aromatic N) is 3. The molecule has 1 N–H and O–H groups in total. The van der Waals surface area contributed by atoms with Crippen LogP contribution in [0.3, 0.4) is 0 Å². The van der Waals surface area contributed by atoms with Gasteiger partial charge in [-0.2, -0.15) is 5.01 Å². The van der Waals surface area contributed by atoms with Crippen molar-refractivity contribution < 1.29 is 14.3 Å². The summed E-state index contributed by atoms with van der Waals surface area (Å²) in [5, 5.41) is 4.75. The van der Waals surface area contributed by atoms with E-state index in [2.05, 4.69) is 15.6 Å². The Morgan fingerprint density at radius 3 is 2.49 bits per heavy atom. The molecule has 3 aromatic carbocycles. The number of nitroso groups, excluding NO2 is 1. The van der Waals surface area contributed by atoms with Crippen LogP contribution >= 0.6 is 11.6 Å². The highest BCUT2D eigenvalue weighted by Crippen LogP contribution is 2.33. The van der Waals surface area contributed by atoms with Crippen LogP contribution in [-0.2, 0) is 9.59 Å². The van der Waals surface area contributed by atoms with Crippen molar-refractivity contribution >= 4 is 41.0 Å². The standard InChI is InChI=1S/C28H25ClN4O4/c1-17(2)22-15-23(32-36)18(3)13-25(22)37-16-26(34)31-33-27(20-7-5-4-6-8-20)30-24(28(33)35)14-19-9-11-21(29)12-10-19/h4-15,17H,16H2,1-3H3,(H,31,34)/b24-14-. The molecule has 0 atom stereocenters. The Morgan fingerprint density at radius 1 is 1.14 bits per heavy atom. The second-order valence-corrected chi connectivity index (χ2v) is 9.21. The third-order valence-corrected chi connectivity index (χ3v) is 5.96. The number of benzene rings is 3. The minimum absolute atomic E-state index is 0.0386. The first kappa shape index (κ1) is 25.8. The molecule has 4 rings (SSSR count). The maximum atomic E-state index is 13.3. The Kier molecular flexibility index (Phi) is 7.79. The van der Waals surface area contributed by atoms with Crippen LogP contribution < -0.4 is 10.2 Å². The first-order valence-corrected chi connectivity index (χ1v) is 12.0. The average Bonchev–Trinajstić information content (AvgIpc) is 3.19. The predicted octanol–water partition coefficient (Wildman–Crippen LogP) is 5.91. The van der Waals surface area contributed by atoms with E-state index in [-0.39, 0.29) is 18.2 Å². The number of amides is 2. The van der Waals surface area contributed by atoms with Gasteiger partial charge in [0.2, 0.25) is 0 Å². The molecule has 0 fully saturated rings. The minimum Gasteiger partial charge on any atom is -0.483 e. The van der Waals surface area contributed by atoms with Crippen molar-refractivity contribution in [2.45, 2.75) is 26.7 Å². The molecule has 0 saturated heterocycles. The summed E-state index contributed by atoms with van der Waals surface area (Å²) in [6.45, 7) is 5.29. The fraction of sp³-hybridized carbons (Fsp3) is 0.179. The summed E-state index contributed by atoms with van der Waals surface area (Å²) in [5.41, 5.74) is 5.90. The van der Waals surface area contributed by atoms with Crippen LogP contribution in [0.5, 0.6) is 5.75 Å². The third kappa shape index (κ3) is 5.92. The highest BCUT2D eigenvalue weighted by atomic mass is 35.5. The van der Waals surface area contributed by atoms with Gasteiger partial charge in [-0.25, -0.2) is 4.99 Å². The molecule has 3 aromatic rings. The first-order valence-electron chi connectivity index (χ1n) is 11.6. The Morgan fingerprint density at radius 2 is 1.84 bits per heavy atom. The van der Waals surface area contributed by atoms with E-state index in [9.17, 15) is 14.5 Å². The van der Waals surface area contributed by atoms with Crippen molar-refractivity contribution in [3.8, 4) is 5.75 Å². The van der Waals surface area contributed by atoms with E-state index in [0.29, 0.717) is 33.4 Å². The zero-order valence-corrected chi connectivity index (χ0v) is 21.3. The Labute approximate surface area is 219 Å². The molecule has 9 heteroatoms. The number of rotatable bonds is 8. The van der Waals surface area contributed by atoms with E-state index in [1.54, 1.807) is 61.5 Å². The molecule has 1 heterocycles. The zero-order valence-electron chi connectivity index (χ0n) is 20.6. The number of hydrogen-bond acceptors (Lipinski definition) is 6. The van der Waals surface area contributed by atoms with Gasteiger partial charge in [0.25, 0.3) is 11.8 Å². The minimum atomic E-state index is -0.547. The quantitative estimate of drug-likeness (QED) is 0.297. The van der Waals surface area contributed by atoms with Crippen molar-refractivity contribution in [3.63, 3.8) is 0 Å². The number of amidine groups is 1. The number of carbonyl (C=O) groups is 2. The summed E-state index contributed by atoms with van der Waals surface area (Å²) in [7, 11) is 0. The lowest BCUT2D eigenvalue weighted by Gasteiger charge is -2.20. The Balaban J connectivity index is 1.56. The highest BCUT2D eigenvalue weighted by molar-refractivity contribution is 6.30. The topological polar surface area (TPSA) is 100 Å². The average molecular weight is 517 g/mol. The lowest BCUT2D eigenvalue weighted by atomic mass is 9.99. The van der Waals surface area contributed by atoms with Gasteiger partial charge in [-0.1, -0.05) is 67.9 Å². The molecule has 0 spiro atoms. The zero-order chi connectivity index (χ0) is 26.5. The molecule has 1 aliphatic heterocycles. The number of hydrogen-bond donors (Lipinski definition) is 1. The Hall–Kier alpha value is -4.30. The molecule has 37 heavy (non-hydrogen) atoms. The second kappa shape index (κ2) is 11.2. The molecular formula is C28H25ClN4O4. The smallest absolute Gasteiger partial charge is 0.297 e. The van der Waals surface area contributed by atoms with E-state index in [1.165, 1.54) is 0 Å². The van der Waals surface area contributed by atoms with E-state index in [4.69, 9.17) is 16.3 Å². The van der Waals surface area contributed by atoms with Crippen LogP contribution in [0.2, 0.25) is 5.02 Å². The molecule has 2 amide bonds. The second-order valence-electron chi connectivity index (χ2n) is 8.77. The van der Waals surface area contributed by atoms with Gasteiger partial charge in [0.1, 0.15) is 17.1 Å². The fourth-order valence-electron chi connectivity index (χ4n) is 3.78. The van der Waals surface area contributed by atoms with Crippen LogP contribution in [0.15, 0.2) is 82.6 Å². The maximum Gasteiger partial charge on any atom is 0.297 e. The normalized spacial score (nSPS) is 14.2. The number of carbonyl (C=O) groups excluding carboxylic acids is 2. The highest BCUT2D eigenvalue weighted by Gasteiger charge is 2.33. The van der Waals surface area contributed by atoms with Crippen molar-refractivity contribution in [1.29, 1.82) is 0 Å². The molecule has 188 valence electrons. The molecule has 0 bridgehead atoms. The molecule has 0 aromatic heterocycles. The number of hydrazine groups is 1. The van der Waals surface area contributed by atoms with Gasteiger partial charge in [-0.3, -0.25) is 15.0 Å². The molecule has 1 aliphatic rings.